The Kier molecular flexibility index (Phi) is 5.09. The SMILES string of the molecule is Cc1cccc([N+](=O)[O-])c1S(=O)(=O)N1CCC(N)C1.Cl. The summed E-state index contributed by atoms with van der Waals surface area (Å²) in [5.41, 5.74) is 5.68. The first-order chi connectivity index (χ1) is 8.84. The molecule has 0 amide bonds. The molecule has 1 unspecified atom stereocenters. The van der Waals surface area contributed by atoms with Crippen LogP contribution in [0.1, 0.15) is 12.0 Å². The molecule has 2 rings (SSSR count). The number of sulfonamides is 1. The number of nitrogens with zero attached hydrogens (tertiary/aromatic N) is 2. The van der Waals surface area contributed by atoms with Crippen LogP contribution in [0.25, 0.3) is 0 Å². The first kappa shape index (κ1) is 16.8. The summed E-state index contributed by atoms with van der Waals surface area (Å²) >= 11 is 0. The first-order valence-electron chi connectivity index (χ1n) is 5.84. The first-order valence-corrected chi connectivity index (χ1v) is 7.28. The van der Waals surface area contributed by atoms with Gasteiger partial charge in [-0.3, -0.25) is 10.1 Å². The normalized spacial score (nSPS) is 19.6. The average Bonchev–Trinajstić information content (AvgIpc) is 2.75. The van der Waals surface area contributed by atoms with Gasteiger partial charge in [0.2, 0.25) is 10.0 Å². The molecule has 0 aliphatic carbocycles. The fourth-order valence-corrected chi connectivity index (χ4v) is 4.09. The highest BCUT2D eigenvalue weighted by atomic mass is 35.5. The lowest BCUT2D eigenvalue weighted by Crippen LogP contribution is -2.32. The maximum Gasteiger partial charge on any atom is 0.289 e. The van der Waals surface area contributed by atoms with Gasteiger partial charge in [-0.1, -0.05) is 12.1 Å². The molecular formula is C11H16ClN3O4S. The smallest absolute Gasteiger partial charge is 0.289 e. The number of hydrogen-bond acceptors (Lipinski definition) is 5. The van der Waals surface area contributed by atoms with Gasteiger partial charge in [0.15, 0.2) is 4.90 Å². The van der Waals surface area contributed by atoms with Gasteiger partial charge >= 0.3 is 0 Å². The molecule has 20 heavy (non-hydrogen) atoms. The molecule has 0 radical (unpaired) electrons. The lowest BCUT2D eigenvalue weighted by Gasteiger charge is -2.17. The van der Waals surface area contributed by atoms with Gasteiger partial charge in [0, 0.05) is 25.2 Å². The molecule has 0 bridgehead atoms. The molecule has 0 spiro atoms. The van der Waals surface area contributed by atoms with E-state index >= 15 is 0 Å². The van der Waals surface area contributed by atoms with E-state index in [-0.39, 0.29) is 35.6 Å². The molecule has 112 valence electrons. The second-order valence-corrected chi connectivity index (χ2v) is 6.47. The van der Waals surface area contributed by atoms with Crippen molar-refractivity contribution in [2.24, 2.45) is 5.73 Å². The van der Waals surface area contributed by atoms with Gasteiger partial charge in [-0.2, -0.15) is 4.31 Å². The summed E-state index contributed by atoms with van der Waals surface area (Å²) < 4.78 is 26.2. The molecule has 7 nitrogen and oxygen atoms in total. The molecule has 9 heteroatoms. The summed E-state index contributed by atoms with van der Waals surface area (Å²) in [5, 5.41) is 11.0. The van der Waals surface area contributed by atoms with Gasteiger partial charge in [0.1, 0.15) is 0 Å². The maximum absolute atomic E-state index is 12.5. The molecule has 1 aliphatic rings. The van der Waals surface area contributed by atoms with Crippen molar-refractivity contribution >= 4 is 28.1 Å². The lowest BCUT2D eigenvalue weighted by atomic mass is 10.2. The lowest BCUT2D eigenvalue weighted by molar-refractivity contribution is -0.387. The van der Waals surface area contributed by atoms with Crippen molar-refractivity contribution in [3.8, 4) is 0 Å². The molecule has 1 atom stereocenters. The summed E-state index contributed by atoms with van der Waals surface area (Å²) in [6.45, 7) is 2.05. The number of nitro groups is 1. The Morgan fingerprint density at radius 3 is 2.60 bits per heavy atom. The Hall–Kier alpha value is -1.22. The van der Waals surface area contributed by atoms with E-state index in [0.717, 1.165) is 0 Å². The zero-order valence-corrected chi connectivity index (χ0v) is 12.5. The number of halogens is 1. The van der Waals surface area contributed by atoms with Crippen LogP contribution in [-0.4, -0.2) is 36.8 Å². The number of nitrogens with two attached hydrogens (primary N) is 1. The maximum atomic E-state index is 12.5. The summed E-state index contributed by atoms with van der Waals surface area (Å²) in [5.74, 6) is 0. The van der Waals surface area contributed by atoms with Crippen LogP contribution in [0.5, 0.6) is 0 Å². The molecule has 1 aliphatic heterocycles. The molecular weight excluding hydrogens is 306 g/mol. The summed E-state index contributed by atoms with van der Waals surface area (Å²) in [7, 11) is -3.87. The van der Waals surface area contributed by atoms with Crippen molar-refractivity contribution < 1.29 is 13.3 Å². The Balaban J connectivity index is 0.00000200. The van der Waals surface area contributed by atoms with Crippen LogP contribution < -0.4 is 5.73 Å². The third-order valence-electron chi connectivity index (χ3n) is 3.17. The monoisotopic (exact) mass is 321 g/mol. The third kappa shape index (κ3) is 2.93. The van der Waals surface area contributed by atoms with Crippen LogP contribution in [-0.2, 0) is 10.0 Å². The number of nitro benzene ring substituents is 1. The van der Waals surface area contributed by atoms with Crippen molar-refractivity contribution in [1.82, 2.24) is 4.31 Å². The van der Waals surface area contributed by atoms with E-state index in [0.29, 0.717) is 18.5 Å². The number of aryl methyl sites for hydroxylation is 1. The van der Waals surface area contributed by atoms with Crippen molar-refractivity contribution in [3.63, 3.8) is 0 Å². The van der Waals surface area contributed by atoms with E-state index in [1.54, 1.807) is 13.0 Å². The number of hydrogen-bond donors (Lipinski definition) is 1. The van der Waals surface area contributed by atoms with Crippen LogP contribution in [0.3, 0.4) is 0 Å². The highest BCUT2D eigenvalue weighted by molar-refractivity contribution is 7.89. The van der Waals surface area contributed by atoms with Gasteiger partial charge in [0.25, 0.3) is 5.69 Å². The molecule has 0 saturated carbocycles. The minimum Gasteiger partial charge on any atom is -0.326 e. The van der Waals surface area contributed by atoms with Crippen molar-refractivity contribution in [2.45, 2.75) is 24.3 Å². The van der Waals surface area contributed by atoms with Gasteiger partial charge in [0.05, 0.1) is 4.92 Å². The van der Waals surface area contributed by atoms with E-state index in [1.807, 2.05) is 0 Å². The second-order valence-electron chi connectivity index (χ2n) is 4.59. The average molecular weight is 322 g/mol. The van der Waals surface area contributed by atoms with Crippen LogP contribution in [0, 0.1) is 17.0 Å². The largest absolute Gasteiger partial charge is 0.326 e. The quantitative estimate of drug-likeness (QED) is 0.661. The molecule has 2 N–H and O–H groups in total. The minimum atomic E-state index is -3.87. The molecule has 1 saturated heterocycles. The second kappa shape index (κ2) is 6.04. The molecule has 1 fully saturated rings. The van der Waals surface area contributed by atoms with Gasteiger partial charge < -0.3 is 5.73 Å². The Bertz CT molecular complexity index is 620. The standard InChI is InChI=1S/C11H15N3O4S.ClH/c1-8-3-2-4-10(14(15)16)11(8)19(17,18)13-6-5-9(12)7-13;/h2-4,9H,5-7,12H2,1H3;1H. The van der Waals surface area contributed by atoms with Crippen molar-refractivity contribution in [3.05, 3.63) is 33.9 Å². The molecule has 1 aromatic carbocycles. The molecule has 0 aromatic heterocycles. The zero-order chi connectivity index (χ0) is 14.2. The van der Waals surface area contributed by atoms with Gasteiger partial charge in [-0.15, -0.1) is 12.4 Å². The Morgan fingerprint density at radius 2 is 2.10 bits per heavy atom. The summed E-state index contributed by atoms with van der Waals surface area (Å²) in [6.07, 6.45) is 0.568. The predicted molar refractivity (Wildman–Crippen MR) is 76.4 cm³/mol. The highest BCUT2D eigenvalue weighted by Crippen LogP contribution is 2.31. The van der Waals surface area contributed by atoms with E-state index in [2.05, 4.69) is 0 Å². The topological polar surface area (TPSA) is 107 Å². The Morgan fingerprint density at radius 1 is 1.45 bits per heavy atom. The van der Waals surface area contributed by atoms with Crippen LogP contribution in [0.4, 0.5) is 5.69 Å². The van der Waals surface area contributed by atoms with Crippen LogP contribution >= 0.6 is 12.4 Å². The number of benzene rings is 1. The van der Waals surface area contributed by atoms with E-state index < -0.39 is 14.9 Å². The highest BCUT2D eigenvalue weighted by Gasteiger charge is 2.36. The van der Waals surface area contributed by atoms with Gasteiger partial charge in [-0.25, -0.2) is 8.42 Å². The number of rotatable bonds is 3. The van der Waals surface area contributed by atoms with E-state index in [1.165, 1.54) is 16.4 Å². The third-order valence-corrected chi connectivity index (χ3v) is 5.23. The molecule has 1 aromatic rings. The van der Waals surface area contributed by atoms with Gasteiger partial charge in [-0.05, 0) is 18.9 Å². The zero-order valence-electron chi connectivity index (χ0n) is 10.9. The molecule has 1 heterocycles. The summed E-state index contributed by atoms with van der Waals surface area (Å²) in [6, 6.07) is 4.02. The van der Waals surface area contributed by atoms with E-state index in [9.17, 15) is 18.5 Å². The summed E-state index contributed by atoms with van der Waals surface area (Å²) in [4.78, 5) is 10.1. The minimum absolute atomic E-state index is 0. The van der Waals surface area contributed by atoms with Crippen molar-refractivity contribution in [2.75, 3.05) is 13.1 Å². The van der Waals surface area contributed by atoms with Crippen LogP contribution in [0.2, 0.25) is 0 Å². The fourth-order valence-electron chi connectivity index (χ4n) is 2.22. The predicted octanol–water partition coefficient (Wildman–Crippen LogP) is 1.05. The Labute approximate surface area is 123 Å². The fraction of sp³-hybridized carbons (Fsp3) is 0.455. The van der Waals surface area contributed by atoms with Crippen molar-refractivity contribution in [1.29, 1.82) is 0 Å². The van der Waals surface area contributed by atoms with E-state index in [4.69, 9.17) is 5.73 Å². The van der Waals surface area contributed by atoms with Crippen LogP contribution in [0.15, 0.2) is 23.1 Å².